The van der Waals surface area contributed by atoms with Gasteiger partial charge in [-0.25, -0.2) is 14.8 Å². The summed E-state index contributed by atoms with van der Waals surface area (Å²) in [5, 5.41) is 3.37. The van der Waals surface area contributed by atoms with E-state index in [2.05, 4.69) is 15.3 Å². The van der Waals surface area contributed by atoms with Crippen LogP contribution in [0.1, 0.15) is 39.4 Å². The summed E-state index contributed by atoms with van der Waals surface area (Å²) in [5.41, 5.74) is -0.457. The van der Waals surface area contributed by atoms with E-state index in [4.69, 9.17) is 4.74 Å². The minimum Gasteiger partial charge on any atom is -0.444 e. The average molecular weight is 292 g/mol. The van der Waals surface area contributed by atoms with Crippen LogP contribution in [0.25, 0.3) is 0 Å². The molecule has 1 N–H and O–H groups in total. The van der Waals surface area contributed by atoms with Gasteiger partial charge in [-0.15, -0.1) is 0 Å². The van der Waals surface area contributed by atoms with Crippen LogP contribution in [-0.4, -0.2) is 45.7 Å². The summed E-state index contributed by atoms with van der Waals surface area (Å²) in [6.07, 6.45) is 3.47. The first kappa shape index (κ1) is 15.5. The van der Waals surface area contributed by atoms with Crippen molar-refractivity contribution < 1.29 is 9.53 Å². The number of hydrogen-bond acceptors (Lipinski definition) is 5. The largest absolute Gasteiger partial charge is 0.444 e. The number of nitrogens with zero attached hydrogens (tertiary/aromatic N) is 3. The SMILES string of the molecule is Cc1nccc(NC2CCCN(C(=O)OC(C)(C)C)C2)n1. The zero-order chi connectivity index (χ0) is 15.5. The molecule has 1 saturated heterocycles. The Bertz CT molecular complexity index is 499. The highest BCUT2D eigenvalue weighted by Gasteiger charge is 2.27. The van der Waals surface area contributed by atoms with Crippen LogP contribution in [0.3, 0.4) is 0 Å². The summed E-state index contributed by atoms with van der Waals surface area (Å²) >= 11 is 0. The number of nitrogens with one attached hydrogen (secondary N) is 1. The summed E-state index contributed by atoms with van der Waals surface area (Å²) < 4.78 is 5.43. The lowest BCUT2D eigenvalue weighted by Crippen LogP contribution is -2.47. The van der Waals surface area contributed by atoms with E-state index in [-0.39, 0.29) is 12.1 Å². The van der Waals surface area contributed by atoms with Crippen LogP contribution < -0.4 is 5.32 Å². The predicted molar refractivity (Wildman–Crippen MR) is 81.2 cm³/mol. The van der Waals surface area contributed by atoms with Gasteiger partial charge >= 0.3 is 6.09 Å². The van der Waals surface area contributed by atoms with Crippen molar-refractivity contribution in [2.75, 3.05) is 18.4 Å². The topological polar surface area (TPSA) is 67.4 Å². The zero-order valence-electron chi connectivity index (χ0n) is 13.2. The molecule has 0 bridgehead atoms. The molecule has 0 aliphatic carbocycles. The minimum atomic E-state index is -0.457. The summed E-state index contributed by atoms with van der Waals surface area (Å²) in [7, 11) is 0. The van der Waals surface area contributed by atoms with Crippen LogP contribution in [0.15, 0.2) is 12.3 Å². The molecular weight excluding hydrogens is 268 g/mol. The molecule has 0 radical (unpaired) electrons. The molecule has 2 rings (SSSR count). The molecule has 0 saturated carbocycles. The summed E-state index contributed by atoms with van der Waals surface area (Å²) in [6.45, 7) is 8.89. The fourth-order valence-corrected chi connectivity index (χ4v) is 2.33. The summed E-state index contributed by atoms with van der Waals surface area (Å²) in [5.74, 6) is 1.54. The number of likely N-dealkylation sites (tertiary alicyclic amines) is 1. The first-order chi connectivity index (χ1) is 9.83. The average Bonchev–Trinajstić information content (AvgIpc) is 2.37. The van der Waals surface area contributed by atoms with E-state index in [1.807, 2.05) is 33.8 Å². The molecule has 1 fully saturated rings. The van der Waals surface area contributed by atoms with Crippen molar-refractivity contribution in [3.8, 4) is 0 Å². The second-order valence-electron chi connectivity index (χ2n) is 6.40. The number of carbonyl (C=O) groups excluding carboxylic acids is 1. The van der Waals surface area contributed by atoms with E-state index >= 15 is 0 Å². The van der Waals surface area contributed by atoms with Crippen molar-refractivity contribution in [3.05, 3.63) is 18.1 Å². The second-order valence-corrected chi connectivity index (χ2v) is 6.40. The van der Waals surface area contributed by atoms with Crippen molar-refractivity contribution in [1.29, 1.82) is 0 Å². The standard InChI is InChI=1S/C15H24N4O2/c1-11-16-8-7-13(17-11)18-12-6-5-9-19(10-12)14(20)21-15(2,3)4/h7-8,12H,5-6,9-10H2,1-4H3,(H,16,17,18). The molecule has 1 aromatic rings. The smallest absolute Gasteiger partial charge is 0.410 e. The maximum absolute atomic E-state index is 12.1. The molecule has 1 aliphatic heterocycles. The molecule has 0 aromatic carbocycles. The van der Waals surface area contributed by atoms with Crippen molar-refractivity contribution in [1.82, 2.24) is 14.9 Å². The molecule has 1 aliphatic rings. The molecule has 0 spiro atoms. The molecule has 116 valence electrons. The van der Waals surface area contributed by atoms with E-state index < -0.39 is 5.60 Å². The van der Waals surface area contributed by atoms with Gasteiger partial charge in [-0.05, 0) is 46.6 Å². The van der Waals surface area contributed by atoms with Crippen LogP contribution in [-0.2, 0) is 4.74 Å². The molecule has 1 aromatic heterocycles. The number of rotatable bonds is 2. The quantitative estimate of drug-likeness (QED) is 0.907. The van der Waals surface area contributed by atoms with Crippen LogP contribution in [0.5, 0.6) is 0 Å². The second kappa shape index (κ2) is 6.28. The Labute approximate surface area is 125 Å². The normalized spacial score (nSPS) is 19.2. The first-order valence-electron chi connectivity index (χ1n) is 7.37. The Hall–Kier alpha value is -1.85. The van der Waals surface area contributed by atoms with Gasteiger partial charge in [0.2, 0.25) is 0 Å². The molecule has 1 unspecified atom stereocenters. The van der Waals surface area contributed by atoms with E-state index in [0.717, 1.165) is 31.0 Å². The van der Waals surface area contributed by atoms with Crippen LogP contribution in [0.4, 0.5) is 10.6 Å². The lowest BCUT2D eigenvalue weighted by molar-refractivity contribution is 0.0206. The van der Waals surface area contributed by atoms with Crippen molar-refractivity contribution in [2.24, 2.45) is 0 Å². The van der Waals surface area contributed by atoms with Gasteiger partial charge in [0.1, 0.15) is 17.2 Å². The Balaban J connectivity index is 1.93. The minimum absolute atomic E-state index is 0.195. The number of hydrogen-bond donors (Lipinski definition) is 1. The molecule has 2 heterocycles. The number of aromatic nitrogens is 2. The Morgan fingerprint density at radius 2 is 2.24 bits per heavy atom. The molecular formula is C15H24N4O2. The highest BCUT2D eigenvalue weighted by Crippen LogP contribution is 2.17. The zero-order valence-corrected chi connectivity index (χ0v) is 13.2. The van der Waals surface area contributed by atoms with Gasteiger partial charge in [0.15, 0.2) is 0 Å². The van der Waals surface area contributed by atoms with Gasteiger partial charge in [0.05, 0.1) is 0 Å². The summed E-state index contributed by atoms with van der Waals surface area (Å²) in [4.78, 5) is 22.3. The van der Waals surface area contributed by atoms with Crippen LogP contribution in [0, 0.1) is 6.92 Å². The van der Waals surface area contributed by atoms with Gasteiger partial charge in [0, 0.05) is 25.3 Å². The first-order valence-corrected chi connectivity index (χ1v) is 7.37. The lowest BCUT2D eigenvalue weighted by Gasteiger charge is -2.34. The molecule has 1 amide bonds. The monoisotopic (exact) mass is 292 g/mol. The maximum atomic E-state index is 12.1. The van der Waals surface area contributed by atoms with E-state index in [9.17, 15) is 4.79 Å². The van der Waals surface area contributed by atoms with E-state index in [0.29, 0.717) is 6.54 Å². The fourth-order valence-electron chi connectivity index (χ4n) is 2.33. The van der Waals surface area contributed by atoms with Gasteiger partial charge in [0.25, 0.3) is 0 Å². The molecule has 6 nitrogen and oxygen atoms in total. The highest BCUT2D eigenvalue weighted by atomic mass is 16.6. The molecule has 1 atom stereocenters. The molecule has 21 heavy (non-hydrogen) atoms. The maximum Gasteiger partial charge on any atom is 0.410 e. The number of piperidine rings is 1. The van der Waals surface area contributed by atoms with E-state index in [1.165, 1.54) is 0 Å². The van der Waals surface area contributed by atoms with Gasteiger partial charge in [-0.3, -0.25) is 0 Å². The number of ether oxygens (including phenoxy) is 1. The fraction of sp³-hybridized carbons (Fsp3) is 0.667. The van der Waals surface area contributed by atoms with Crippen molar-refractivity contribution >= 4 is 11.9 Å². The third kappa shape index (κ3) is 4.88. The third-order valence-electron chi connectivity index (χ3n) is 3.20. The van der Waals surface area contributed by atoms with Crippen molar-refractivity contribution in [2.45, 2.75) is 52.2 Å². The van der Waals surface area contributed by atoms with E-state index in [1.54, 1.807) is 11.1 Å². The van der Waals surface area contributed by atoms with Crippen LogP contribution in [0.2, 0.25) is 0 Å². The number of anilines is 1. The predicted octanol–water partition coefficient (Wildman–Crippen LogP) is 2.60. The van der Waals surface area contributed by atoms with Gasteiger partial charge < -0.3 is 15.0 Å². The van der Waals surface area contributed by atoms with Crippen LogP contribution >= 0.6 is 0 Å². The number of aryl methyl sites for hydroxylation is 1. The Morgan fingerprint density at radius 1 is 1.48 bits per heavy atom. The number of carbonyl (C=O) groups is 1. The summed E-state index contributed by atoms with van der Waals surface area (Å²) in [6, 6.07) is 2.04. The van der Waals surface area contributed by atoms with Gasteiger partial charge in [-0.1, -0.05) is 0 Å². The molecule has 6 heteroatoms. The Morgan fingerprint density at radius 3 is 2.90 bits per heavy atom. The highest BCUT2D eigenvalue weighted by molar-refractivity contribution is 5.68. The lowest BCUT2D eigenvalue weighted by atomic mass is 10.1. The third-order valence-corrected chi connectivity index (χ3v) is 3.20. The number of amides is 1. The Kier molecular flexibility index (Phi) is 4.65. The van der Waals surface area contributed by atoms with Crippen molar-refractivity contribution in [3.63, 3.8) is 0 Å². The van der Waals surface area contributed by atoms with Gasteiger partial charge in [-0.2, -0.15) is 0 Å².